The van der Waals surface area contributed by atoms with Gasteiger partial charge in [0, 0.05) is 17.3 Å². The van der Waals surface area contributed by atoms with Gasteiger partial charge in [0.05, 0.1) is 18.1 Å². The third kappa shape index (κ3) is 5.15. The number of pyridine rings is 2. The number of phenolic OH excluding ortho intramolecular Hbond substituents is 1. The molecule has 5 aromatic rings. The first kappa shape index (κ1) is 31.4. The van der Waals surface area contributed by atoms with Gasteiger partial charge in [-0.15, -0.1) is 0 Å². The van der Waals surface area contributed by atoms with E-state index in [1.165, 1.54) is 18.2 Å². The van der Waals surface area contributed by atoms with Crippen LogP contribution in [-0.2, 0) is 6.42 Å². The van der Waals surface area contributed by atoms with Gasteiger partial charge >= 0.3 is 6.01 Å². The van der Waals surface area contributed by atoms with Crippen molar-refractivity contribution >= 4 is 33.3 Å². The van der Waals surface area contributed by atoms with Gasteiger partial charge in [-0.2, -0.15) is 9.97 Å². The number of nitrogens with zero attached hydrogens (tertiary/aromatic N) is 6. The summed E-state index contributed by atoms with van der Waals surface area (Å²) in [4.78, 5) is 23.2. The fourth-order valence-electron chi connectivity index (χ4n) is 8.18. The lowest BCUT2D eigenvalue weighted by molar-refractivity contribution is 0.108. The fraction of sp³-hybridized carbons (Fsp3) is 0.405. The molecule has 12 heteroatoms. The number of hydrogen-bond donors (Lipinski definition) is 2. The van der Waals surface area contributed by atoms with Crippen LogP contribution in [0.3, 0.4) is 0 Å². The lowest BCUT2D eigenvalue weighted by Crippen LogP contribution is -2.43. The number of aromatic nitrogens is 4. The van der Waals surface area contributed by atoms with Crippen molar-refractivity contribution in [2.24, 2.45) is 0 Å². The highest BCUT2D eigenvalue weighted by molar-refractivity contribution is 6.03. The Morgan fingerprint density at radius 3 is 2.63 bits per heavy atom. The quantitative estimate of drug-likeness (QED) is 0.195. The van der Waals surface area contributed by atoms with Gasteiger partial charge in [0.1, 0.15) is 53.0 Å². The van der Waals surface area contributed by atoms with Crippen molar-refractivity contribution in [3.63, 3.8) is 0 Å². The van der Waals surface area contributed by atoms with Crippen molar-refractivity contribution in [1.29, 1.82) is 0 Å². The Morgan fingerprint density at radius 1 is 1.06 bits per heavy atom. The van der Waals surface area contributed by atoms with Crippen molar-refractivity contribution in [3.05, 3.63) is 64.9 Å². The summed E-state index contributed by atoms with van der Waals surface area (Å²) < 4.78 is 45.0. The number of rotatable bonds is 7. The SMILES string of the molecule is CCc1c(F)ccc2cc(O)cc(-c3nc4c5c(nc(OCC67CCCN6CCC7)nc5c3F)N(C(C)c3cc(C)cnc3N)CCO4)c12. The molecule has 1 atom stereocenters. The van der Waals surface area contributed by atoms with Crippen LogP contribution in [0.2, 0.25) is 0 Å². The van der Waals surface area contributed by atoms with Crippen LogP contribution >= 0.6 is 0 Å². The number of ether oxygens (including phenoxy) is 2. The van der Waals surface area contributed by atoms with E-state index in [1.807, 2.05) is 31.7 Å². The predicted octanol–water partition coefficient (Wildman–Crippen LogP) is 6.64. The van der Waals surface area contributed by atoms with Crippen LogP contribution in [-0.4, -0.2) is 68.3 Å². The number of phenols is 1. The van der Waals surface area contributed by atoms with Crippen LogP contribution in [0.1, 0.15) is 62.3 Å². The number of aromatic hydroxyl groups is 1. The Labute approximate surface area is 282 Å². The molecule has 10 nitrogen and oxygen atoms in total. The second kappa shape index (κ2) is 11.9. The first-order valence-electron chi connectivity index (χ1n) is 17.0. The van der Waals surface area contributed by atoms with E-state index < -0.39 is 11.6 Å². The zero-order chi connectivity index (χ0) is 34.0. The van der Waals surface area contributed by atoms with Gasteiger partial charge in [-0.3, -0.25) is 4.90 Å². The zero-order valence-electron chi connectivity index (χ0n) is 27.9. The average molecular weight is 668 g/mol. The first-order valence-corrected chi connectivity index (χ1v) is 17.0. The lowest BCUT2D eigenvalue weighted by Gasteiger charge is -2.32. The second-order valence-corrected chi connectivity index (χ2v) is 13.5. The van der Waals surface area contributed by atoms with Gasteiger partial charge in [0.2, 0.25) is 5.88 Å². The summed E-state index contributed by atoms with van der Waals surface area (Å²) in [7, 11) is 0. The smallest absolute Gasteiger partial charge is 0.319 e. The van der Waals surface area contributed by atoms with E-state index in [-0.39, 0.29) is 52.6 Å². The van der Waals surface area contributed by atoms with E-state index in [0.717, 1.165) is 49.9 Å². The monoisotopic (exact) mass is 667 g/mol. The number of aryl methyl sites for hydroxylation is 2. The molecule has 6 heterocycles. The Morgan fingerprint density at radius 2 is 1.86 bits per heavy atom. The molecule has 0 radical (unpaired) electrons. The van der Waals surface area contributed by atoms with Crippen LogP contribution in [0.5, 0.6) is 17.6 Å². The molecular formula is C37H39F2N7O3. The number of nitrogen functional groups attached to an aromatic ring is 1. The highest BCUT2D eigenvalue weighted by Gasteiger charge is 2.45. The summed E-state index contributed by atoms with van der Waals surface area (Å²) in [5.74, 6) is -0.326. The standard InChI is InChI=1S/C37H39F2N7O3/c1-4-24-27(38)8-7-22-16-23(47)17-26(28(22)24)31-30(39)32-29-34(44-36(43-32)49-19-37-9-5-11-45(37)12-6-10-37)46(13-14-48-35(29)42-31)21(3)25-15-20(2)18-41-33(25)40/h7-8,15-18,21,47H,4-6,9-14,19H2,1-3H3,(H2,40,41). The van der Waals surface area contributed by atoms with Crippen LogP contribution in [0.15, 0.2) is 36.5 Å². The largest absolute Gasteiger partial charge is 0.508 e. The summed E-state index contributed by atoms with van der Waals surface area (Å²) >= 11 is 0. The summed E-state index contributed by atoms with van der Waals surface area (Å²) in [5, 5.41) is 12.1. The van der Waals surface area contributed by atoms with Crippen molar-refractivity contribution in [3.8, 4) is 28.9 Å². The molecule has 1 unspecified atom stereocenters. The van der Waals surface area contributed by atoms with Gasteiger partial charge in [0.15, 0.2) is 5.82 Å². The van der Waals surface area contributed by atoms with Crippen molar-refractivity contribution in [2.45, 2.75) is 64.5 Å². The zero-order valence-corrected chi connectivity index (χ0v) is 27.9. The Bertz CT molecular complexity index is 2120. The summed E-state index contributed by atoms with van der Waals surface area (Å²) in [6.07, 6.45) is 6.33. The van der Waals surface area contributed by atoms with Gasteiger partial charge in [0.25, 0.3) is 0 Å². The minimum atomic E-state index is -0.748. The third-order valence-corrected chi connectivity index (χ3v) is 10.6. The molecule has 3 aliphatic rings. The molecule has 0 amide bonds. The molecule has 0 saturated carbocycles. The molecule has 3 aliphatic heterocycles. The molecule has 2 fully saturated rings. The van der Waals surface area contributed by atoms with E-state index >= 15 is 8.78 Å². The Hall–Kier alpha value is -4.84. The topological polar surface area (TPSA) is 123 Å². The predicted molar refractivity (Wildman–Crippen MR) is 184 cm³/mol. The Balaban J connectivity index is 1.35. The number of nitrogens with two attached hydrogens (primary N) is 1. The molecule has 2 saturated heterocycles. The molecule has 0 spiro atoms. The molecule has 49 heavy (non-hydrogen) atoms. The van der Waals surface area contributed by atoms with Crippen LogP contribution in [0, 0.1) is 18.6 Å². The van der Waals surface area contributed by atoms with E-state index in [9.17, 15) is 5.11 Å². The van der Waals surface area contributed by atoms with Crippen LogP contribution in [0.4, 0.5) is 20.4 Å². The van der Waals surface area contributed by atoms with Gasteiger partial charge in [-0.1, -0.05) is 13.0 Å². The molecule has 2 aromatic carbocycles. The number of anilines is 2. The number of benzene rings is 2. The maximum Gasteiger partial charge on any atom is 0.319 e. The van der Waals surface area contributed by atoms with E-state index in [0.29, 0.717) is 52.9 Å². The minimum Gasteiger partial charge on any atom is -0.508 e. The maximum absolute atomic E-state index is 17.2. The second-order valence-electron chi connectivity index (χ2n) is 13.5. The lowest BCUT2D eigenvalue weighted by atomic mass is 9.94. The molecule has 0 aliphatic carbocycles. The van der Waals surface area contributed by atoms with Crippen molar-refractivity contribution in [1.82, 2.24) is 24.8 Å². The van der Waals surface area contributed by atoms with Crippen LogP contribution < -0.4 is 20.1 Å². The summed E-state index contributed by atoms with van der Waals surface area (Å²) in [6, 6.07) is 7.60. The maximum atomic E-state index is 17.2. The van der Waals surface area contributed by atoms with E-state index in [4.69, 9.17) is 30.2 Å². The molecule has 0 bridgehead atoms. The molecule has 3 N–H and O–H groups in total. The molecule has 3 aromatic heterocycles. The van der Waals surface area contributed by atoms with Gasteiger partial charge < -0.3 is 25.2 Å². The Kier molecular flexibility index (Phi) is 7.66. The third-order valence-electron chi connectivity index (χ3n) is 10.6. The fourth-order valence-corrected chi connectivity index (χ4v) is 8.18. The minimum absolute atomic E-state index is 0.0346. The van der Waals surface area contributed by atoms with Gasteiger partial charge in [-0.05, 0) is 105 Å². The number of hydrogen-bond acceptors (Lipinski definition) is 10. The number of fused-ring (bicyclic) bond motifs is 2. The molecule has 8 rings (SSSR count). The normalized spacial score (nSPS) is 17.7. The summed E-state index contributed by atoms with van der Waals surface area (Å²) in [6.45, 7) is 8.83. The average Bonchev–Trinajstić information content (AvgIpc) is 3.62. The van der Waals surface area contributed by atoms with Gasteiger partial charge in [-0.25, -0.2) is 18.7 Å². The molecule has 254 valence electrons. The number of halogens is 2. The molecular weight excluding hydrogens is 628 g/mol. The highest BCUT2D eigenvalue weighted by atomic mass is 19.1. The highest BCUT2D eigenvalue weighted by Crippen LogP contribution is 2.45. The van der Waals surface area contributed by atoms with Crippen LogP contribution in [0.25, 0.3) is 32.9 Å². The van der Waals surface area contributed by atoms with E-state index in [1.54, 1.807) is 12.3 Å². The van der Waals surface area contributed by atoms with Crippen molar-refractivity contribution in [2.75, 3.05) is 43.5 Å². The first-order chi connectivity index (χ1) is 23.7. The van der Waals surface area contributed by atoms with Crippen molar-refractivity contribution < 1.29 is 23.4 Å². The van der Waals surface area contributed by atoms with E-state index in [2.05, 4.69) is 9.88 Å². The summed E-state index contributed by atoms with van der Waals surface area (Å²) in [5.41, 5.74) is 8.54.